The maximum atomic E-state index is 11.6. The van der Waals surface area contributed by atoms with Crippen LogP contribution in [0.4, 0.5) is 0 Å². The van der Waals surface area contributed by atoms with Crippen LogP contribution in [-0.4, -0.2) is 18.2 Å². The van der Waals surface area contributed by atoms with Crippen LogP contribution in [0.15, 0.2) is 36.4 Å². The number of hydrogen-bond donors (Lipinski definition) is 1. The molecule has 0 bridgehead atoms. The number of ether oxygens (including phenoxy) is 2. The van der Waals surface area contributed by atoms with E-state index in [1.54, 1.807) is 18.2 Å². The molecule has 1 unspecified atom stereocenters. The van der Waals surface area contributed by atoms with Gasteiger partial charge in [-0.1, -0.05) is 35.9 Å². The van der Waals surface area contributed by atoms with Crippen molar-refractivity contribution in [3.63, 3.8) is 0 Å². The predicted octanol–water partition coefficient (Wildman–Crippen LogP) is 3.74. The highest BCUT2D eigenvalue weighted by Gasteiger charge is 2.22. The molecule has 0 spiro atoms. The largest absolute Gasteiger partial charge is 0.489 e. The van der Waals surface area contributed by atoms with Crippen molar-refractivity contribution < 1.29 is 19.4 Å². The lowest BCUT2D eigenvalue weighted by Crippen LogP contribution is -2.16. The first kappa shape index (κ1) is 17.3. The van der Waals surface area contributed by atoms with E-state index in [0.29, 0.717) is 16.1 Å². The molecule has 0 aliphatic heterocycles. The number of carbonyl (C=O) groups excluding carboxylic acids is 1. The van der Waals surface area contributed by atoms with Crippen LogP contribution < -0.4 is 4.74 Å². The van der Waals surface area contributed by atoms with Crippen LogP contribution in [0.25, 0.3) is 0 Å². The highest BCUT2D eigenvalue weighted by Crippen LogP contribution is 2.28. The van der Waals surface area contributed by atoms with Crippen molar-refractivity contribution in [3.8, 4) is 5.75 Å². The Kier molecular flexibility index (Phi) is 5.64. The summed E-state index contributed by atoms with van der Waals surface area (Å²) in [7, 11) is 1.22. The molecule has 0 radical (unpaired) electrons. The smallest absolute Gasteiger partial charge is 0.339 e. The Morgan fingerprint density at radius 3 is 2.70 bits per heavy atom. The molecule has 0 saturated heterocycles. The number of esters is 1. The van der Waals surface area contributed by atoms with Crippen molar-refractivity contribution in [3.05, 3.63) is 63.7 Å². The van der Waals surface area contributed by atoms with Crippen LogP contribution in [0.1, 0.15) is 28.4 Å². The van der Waals surface area contributed by atoms with Crippen molar-refractivity contribution in [1.82, 2.24) is 0 Å². The highest BCUT2D eigenvalue weighted by atomic mass is 35.5. The first-order chi connectivity index (χ1) is 10.9. The Labute approximate surface area is 140 Å². The fourth-order valence-corrected chi connectivity index (χ4v) is 2.47. The van der Waals surface area contributed by atoms with Gasteiger partial charge in [0, 0.05) is 10.6 Å². The fourth-order valence-electron chi connectivity index (χ4n) is 2.24. The average Bonchev–Trinajstić information content (AvgIpc) is 2.55. The van der Waals surface area contributed by atoms with Gasteiger partial charge in [-0.15, -0.1) is 0 Å². The van der Waals surface area contributed by atoms with E-state index in [1.165, 1.54) is 7.11 Å². The molecule has 122 valence electrons. The van der Waals surface area contributed by atoms with Crippen LogP contribution >= 0.6 is 11.6 Å². The van der Waals surface area contributed by atoms with Crippen molar-refractivity contribution >= 4 is 17.6 Å². The lowest BCUT2D eigenvalue weighted by molar-refractivity contribution is -0.150. The van der Waals surface area contributed by atoms with Gasteiger partial charge in [0.1, 0.15) is 12.4 Å². The molecule has 2 aromatic rings. The fraction of sp³-hybridized carbons (Fsp3) is 0.278. The third kappa shape index (κ3) is 4.03. The maximum Gasteiger partial charge on any atom is 0.339 e. The summed E-state index contributed by atoms with van der Waals surface area (Å²) in [4.78, 5) is 11.6. The van der Waals surface area contributed by atoms with Gasteiger partial charge in [0.05, 0.1) is 7.11 Å². The third-order valence-electron chi connectivity index (χ3n) is 3.59. The molecule has 0 amide bonds. The molecule has 1 N–H and O–H groups in total. The van der Waals surface area contributed by atoms with E-state index in [-0.39, 0.29) is 6.61 Å². The maximum absolute atomic E-state index is 11.6. The molecule has 4 nitrogen and oxygen atoms in total. The minimum atomic E-state index is -1.39. The van der Waals surface area contributed by atoms with Crippen LogP contribution in [-0.2, 0) is 16.1 Å². The van der Waals surface area contributed by atoms with E-state index >= 15 is 0 Å². The van der Waals surface area contributed by atoms with E-state index < -0.39 is 12.1 Å². The van der Waals surface area contributed by atoms with Crippen molar-refractivity contribution in [2.45, 2.75) is 26.6 Å². The Balaban J connectivity index is 2.29. The van der Waals surface area contributed by atoms with Crippen molar-refractivity contribution in [2.75, 3.05) is 7.11 Å². The number of halogens is 1. The second-order valence-corrected chi connectivity index (χ2v) is 5.70. The van der Waals surface area contributed by atoms with Crippen molar-refractivity contribution in [2.24, 2.45) is 0 Å². The quantitative estimate of drug-likeness (QED) is 0.846. The number of aliphatic hydroxyl groups is 1. The molecule has 0 saturated carbocycles. The van der Waals surface area contributed by atoms with Gasteiger partial charge >= 0.3 is 5.97 Å². The Bertz CT molecular complexity index is 712. The van der Waals surface area contributed by atoms with Gasteiger partial charge in [0.2, 0.25) is 0 Å². The van der Waals surface area contributed by atoms with Crippen LogP contribution in [0, 0.1) is 13.8 Å². The summed E-state index contributed by atoms with van der Waals surface area (Å²) < 4.78 is 10.4. The molecule has 0 heterocycles. The molecule has 1 atom stereocenters. The summed E-state index contributed by atoms with van der Waals surface area (Å²) in [5, 5.41) is 10.5. The molecule has 5 heteroatoms. The minimum absolute atomic E-state index is 0.146. The average molecular weight is 335 g/mol. The lowest BCUT2D eigenvalue weighted by atomic mass is 10.0. The Morgan fingerprint density at radius 2 is 2.00 bits per heavy atom. The number of methoxy groups -OCH3 is 1. The second kappa shape index (κ2) is 7.49. The van der Waals surface area contributed by atoms with Crippen LogP contribution in [0.3, 0.4) is 0 Å². The van der Waals surface area contributed by atoms with Gasteiger partial charge in [-0.3, -0.25) is 0 Å². The first-order valence-electron chi connectivity index (χ1n) is 7.17. The van der Waals surface area contributed by atoms with Gasteiger partial charge in [-0.2, -0.15) is 0 Å². The molecule has 0 aliphatic carbocycles. The highest BCUT2D eigenvalue weighted by molar-refractivity contribution is 6.31. The monoisotopic (exact) mass is 334 g/mol. The van der Waals surface area contributed by atoms with Gasteiger partial charge < -0.3 is 14.6 Å². The molecule has 0 fully saturated rings. The minimum Gasteiger partial charge on any atom is -0.489 e. The zero-order valence-electron chi connectivity index (χ0n) is 13.3. The third-order valence-corrected chi connectivity index (χ3v) is 3.94. The number of aryl methyl sites for hydroxylation is 2. The summed E-state index contributed by atoms with van der Waals surface area (Å²) >= 11 is 6.22. The topological polar surface area (TPSA) is 55.8 Å². The molecular weight excluding hydrogens is 316 g/mol. The Morgan fingerprint density at radius 1 is 1.26 bits per heavy atom. The zero-order chi connectivity index (χ0) is 17.0. The molecule has 2 aromatic carbocycles. The van der Waals surface area contributed by atoms with E-state index in [1.807, 2.05) is 32.0 Å². The lowest BCUT2D eigenvalue weighted by Gasteiger charge is -2.17. The zero-order valence-corrected chi connectivity index (χ0v) is 14.1. The van der Waals surface area contributed by atoms with Gasteiger partial charge in [0.25, 0.3) is 0 Å². The van der Waals surface area contributed by atoms with Crippen LogP contribution in [0.2, 0.25) is 5.02 Å². The molecule has 0 aromatic heterocycles. The van der Waals surface area contributed by atoms with Gasteiger partial charge in [-0.25, -0.2) is 4.79 Å². The molecule has 0 aliphatic rings. The standard InChI is InChI=1S/C18H19ClO4/c1-11-7-8-12(2)16(9-11)23-10-14-13(5-4-6-15(14)19)17(20)18(21)22-3/h4-9,17,20H,10H2,1-3H3. The summed E-state index contributed by atoms with van der Waals surface area (Å²) in [6.45, 7) is 4.08. The van der Waals surface area contributed by atoms with E-state index in [4.69, 9.17) is 16.3 Å². The molecule has 2 rings (SSSR count). The van der Waals surface area contributed by atoms with E-state index in [2.05, 4.69) is 4.74 Å². The molecular formula is C18H19ClO4. The normalized spacial score (nSPS) is 11.9. The number of rotatable bonds is 5. The number of benzene rings is 2. The predicted molar refractivity (Wildman–Crippen MR) is 88.7 cm³/mol. The second-order valence-electron chi connectivity index (χ2n) is 5.29. The number of hydrogen-bond acceptors (Lipinski definition) is 4. The van der Waals surface area contributed by atoms with Crippen LogP contribution in [0.5, 0.6) is 5.75 Å². The van der Waals surface area contributed by atoms with E-state index in [0.717, 1.165) is 16.9 Å². The number of aliphatic hydroxyl groups excluding tert-OH is 1. The van der Waals surface area contributed by atoms with Gasteiger partial charge in [0.15, 0.2) is 6.10 Å². The molecule has 23 heavy (non-hydrogen) atoms. The SMILES string of the molecule is COC(=O)C(O)c1cccc(Cl)c1COc1cc(C)ccc1C. The van der Waals surface area contributed by atoms with Crippen molar-refractivity contribution in [1.29, 1.82) is 0 Å². The summed E-state index contributed by atoms with van der Waals surface area (Å²) in [5.74, 6) is 0.00341. The summed E-state index contributed by atoms with van der Waals surface area (Å²) in [6.07, 6.45) is -1.39. The van der Waals surface area contributed by atoms with E-state index in [9.17, 15) is 9.90 Å². The Hall–Kier alpha value is -2.04. The first-order valence-corrected chi connectivity index (χ1v) is 7.55. The number of carbonyl (C=O) groups is 1. The van der Waals surface area contributed by atoms with Gasteiger partial charge in [-0.05, 0) is 42.7 Å². The summed E-state index contributed by atoms with van der Waals surface area (Å²) in [5.41, 5.74) is 3.03. The summed E-state index contributed by atoms with van der Waals surface area (Å²) in [6, 6.07) is 10.9.